The van der Waals surface area contributed by atoms with E-state index >= 15 is 0 Å². The summed E-state index contributed by atoms with van der Waals surface area (Å²) in [7, 11) is -3.11. The van der Waals surface area contributed by atoms with Crippen molar-refractivity contribution in [1.29, 1.82) is 0 Å². The van der Waals surface area contributed by atoms with Crippen molar-refractivity contribution in [3.05, 3.63) is 190 Å². The summed E-state index contributed by atoms with van der Waals surface area (Å²) >= 11 is 0. The molecule has 13 heteroatoms. The Balaban J connectivity index is 0.000000140. The normalized spacial score (nSPS) is 17.4. The second-order valence-corrected chi connectivity index (χ2v) is 25.7. The van der Waals surface area contributed by atoms with Gasteiger partial charge in [-0.2, -0.15) is 0 Å². The molecule has 0 radical (unpaired) electrons. The molecule has 0 atom stereocenters. The lowest BCUT2D eigenvalue weighted by Gasteiger charge is -2.32. The van der Waals surface area contributed by atoms with Crippen molar-refractivity contribution in [3.8, 4) is 5.75 Å². The largest absolute Gasteiger partial charge is 0.478 e. The number of fused-ring (bicyclic) bond motifs is 6. The fourth-order valence-corrected chi connectivity index (χ4v) is 12.2. The molecule has 0 amide bonds. The average molecular weight is 1120 g/mol. The molecule has 7 heterocycles. The lowest BCUT2D eigenvalue weighted by molar-refractivity contribution is 0.0686. The minimum atomic E-state index is -3.11. The van der Waals surface area contributed by atoms with Crippen LogP contribution in [0.25, 0.3) is 0 Å². The van der Waals surface area contributed by atoms with Gasteiger partial charge in [0.05, 0.1) is 24.4 Å². The second-order valence-electron chi connectivity index (χ2n) is 23.7. The lowest BCUT2D eigenvalue weighted by atomic mass is 9.99. The first kappa shape index (κ1) is 62.7. The standard InChI is InChI=1S/C12H16N2.C12H17N.2C11H16N2.C11H15NO2S.C11H15NO/c1-10(2)14-8-12-6-4-3-5-11(12)7-13-9-14;1-10(2)13-8-7-11-5-3-4-6-12(11)9-13;1-9(2)13-7-5-11-10(8-13)4-3-6-12-11;1-9(2)13-7-10-5-3-4-6-11(10)12-8-13;1-9(2)12-7-10-5-3-4-6-11(10)15(13,14)8-12;1-9(2)12-7-10-5-3-4-6-11(10)13-8-12/h3-6,9-10H,7-8H2,1-2H3;3-6,10H,7-9H2,1-2H3;3-4,6,9H,5,7-8H2,1-2H3;3-6,9,12H,7-8H2,1-2H3;3-6,9H,7-8H2,1-2H3;3-6,9H,7-8H2,1-2H3. The predicted molar refractivity (Wildman–Crippen MR) is 336 cm³/mol. The van der Waals surface area contributed by atoms with E-state index in [0.29, 0.717) is 41.8 Å². The van der Waals surface area contributed by atoms with Crippen LogP contribution in [0, 0.1) is 0 Å². The minimum Gasteiger partial charge on any atom is -0.478 e. The third-order valence-electron chi connectivity index (χ3n) is 16.0. The van der Waals surface area contributed by atoms with Crippen LogP contribution < -0.4 is 10.1 Å². The Morgan fingerprint density at radius 2 is 0.951 bits per heavy atom. The molecule has 0 aliphatic carbocycles. The average Bonchev–Trinajstić information content (AvgIpc) is 3.76. The fourth-order valence-electron chi connectivity index (χ4n) is 10.5. The van der Waals surface area contributed by atoms with Crippen LogP contribution in [-0.2, 0) is 68.5 Å². The van der Waals surface area contributed by atoms with Gasteiger partial charge < -0.3 is 15.0 Å². The summed E-state index contributed by atoms with van der Waals surface area (Å²) in [5.41, 5.74) is 13.4. The highest BCUT2D eigenvalue weighted by Gasteiger charge is 2.29. The van der Waals surface area contributed by atoms with Crippen LogP contribution in [0.4, 0.5) is 5.69 Å². The highest BCUT2D eigenvalue weighted by atomic mass is 32.2. The van der Waals surface area contributed by atoms with Gasteiger partial charge >= 0.3 is 0 Å². The maximum atomic E-state index is 11.9. The topological polar surface area (TPSA) is 100 Å². The number of aromatic nitrogens is 1. The molecule has 1 N–H and O–H groups in total. The highest BCUT2D eigenvalue weighted by Crippen LogP contribution is 2.28. The summed E-state index contributed by atoms with van der Waals surface area (Å²) in [6, 6.07) is 48.8. The number of sulfone groups is 1. The zero-order valence-electron chi connectivity index (χ0n) is 50.9. The van der Waals surface area contributed by atoms with Crippen LogP contribution in [0.1, 0.15) is 133 Å². The molecule has 0 spiro atoms. The van der Waals surface area contributed by atoms with E-state index in [-0.39, 0.29) is 11.9 Å². The van der Waals surface area contributed by atoms with Gasteiger partial charge in [-0.1, -0.05) is 109 Å². The number of ether oxygens (including phenoxy) is 1. The van der Waals surface area contributed by atoms with E-state index in [9.17, 15) is 8.42 Å². The quantitative estimate of drug-likeness (QED) is 0.173. The number of anilines is 1. The Kier molecular flexibility index (Phi) is 23.5. The monoisotopic (exact) mass is 1120 g/mol. The van der Waals surface area contributed by atoms with Gasteiger partial charge in [0.25, 0.3) is 0 Å². The zero-order chi connectivity index (χ0) is 58.1. The number of hydrogen-bond donors (Lipinski definition) is 1. The van der Waals surface area contributed by atoms with Gasteiger partial charge in [0, 0.05) is 118 Å². The highest BCUT2D eigenvalue weighted by molar-refractivity contribution is 7.91. The molecule has 5 aromatic carbocycles. The maximum Gasteiger partial charge on any atom is 0.191 e. The van der Waals surface area contributed by atoms with Crippen LogP contribution in [0.15, 0.2) is 150 Å². The van der Waals surface area contributed by atoms with Crippen molar-refractivity contribution in [2.75, 3.05) is 37.7 Å². The molecule has 6 aromatic rings. The van der Waals surface area contributed by atoms with Crippen LogP contribution in [-0.4, -0.2) is 118 Å². The fraction of sp³-hybridized carbons (Fsp3) is 0.471. The van der Waals surface area contributed by atoms with Crippen molar-refractivity contribution >= 4 is 21.9 Å². The summed E-state index contributed by atoms with van der Waals surface area (Å²) in [6.07, 6.45) is 6.19. The molecule has 0 fully saturated rings. The molecule has 0 unspecified atom stereocenters. The number of nitrogens with zero attached hydrogens (tertiary/aromatic N) is 8. The van der Waals surface area contributed by atoms with Gasteiger partial charge in [0.1, 0.15) is 18.4 Å². The summed E-state index contributed by atoms with van der Waals surface area (Å²) in [6.45, 7) is 37.2. The van der Waals surface area contributed by atoms with Gasteiger partial charge in [-0.15, -0.1) is 0 Å². The Hall–Kier alpha value is -5.93. The third kappa shape index (κ3) is 18.3. The number of nitrogens with one attached hydrogen (secondary N) is 1. The maximum absolute atomic E-state index is 11.9. The molecule has 12 rings (SSSR count). The van der Waals surface area contributed by atoms with E-state index in [2.05, 4.69) is 200 Å². The van der Waals surface area contributed by atoms with Gasteiger partial charge in [0.15, 0.2) is 9.84 Å². The van der Waals surface area contributed by atoms with E-state index in [4.69, 9.17) is 4.74 Å². The Morgan fingerprint density at radius 3 is 1.60 bits per heavy atom. The van der Waals surface area contributed by atoms with Gasteiger partial charge in [-0.05, 0) is 153 Å². The number of pyridine rings is 1. The van der Waals surface area contributed by atoms with Crippen LogP contribution in [0.5, 0.6) is 5.75 Å². The Labute approximate surface area is 488 Å². The van der Waals surface area contributed by atoms with Crippen LogP contribution in [0.3, 0.4) is 0 Å². The molecule has 0 saturated carbocycles. The molecule has 6 aliphatic heterocycles. The molecule has 1 aromatic heterocycles. The first-order chi connectivity index (χ1) is 38.9. The van der Waals surface area contributed by atoms with Gasteiger partial charge in [0.2, 0.25) is 0 Å². The van der Waals surface area contributed by atoms with Crippen LogP contribution >= 0.6 is 0 Å². The smallest absolute Gasteiger partial charge is 0.191 e. The van der Waals surface area contributed by atoms with E-state index in [1.165, 1.54) is 57.7 Å². The SMILES string of the molecule is CC(C)N1C=NCc2ccccc2C1.CC(C)N1CCc2ccccc2C1.CC(C)N1CCc2ncccc2C1.CC(C)N1CNc2ccccc2C1.CC(C)N1COc2ccccc2C1.CC(C)N1Cc2ccccc2S(=O)(=O)C1. The molecule has 436 valence electrons. The van der Waals surface area contributed by atoms with E-state index < -0.39 is 9.84 Å². The molecule has 0 bridgehead atoms. The van der Waals surface area contributed by atoms with E-state index in [1.807, 2.05) is 61.6 Å². The molecule has 81 heavy (non-hydrogen) atoms. The van der Waals surface area contributed by atoms with E-state index in [0.717, 1.165) is 76.8 Å². The number of aliphatic imine (C=N–C) groups is 1. The number of hydrogen-bond acceptors (Lipinski definition) is 12. The van der Waals surface area contributed by atoms with Crippen molar-refractivity contribution in [3.63, 3.8) is 0 Å². The third-order valence-corrected chi connectivity index (χ3v) is 17.8. The lowest BCUT2D eigenvalue weighted by Crippen LogP contribution is -2.39. The number of para-hydroxylation sites is 2. The summed E-state index contributed by atoms with van der Waals surface area (Å²) in [5.74, 6) is 1.18. The Morgan fingerprint density at radius 1 is 0.457 bits per heavy atom. The van der Waals surface area contributed by atoms with Crippen molar-refractivity contribution in [2.24, 2.45) is 4.99 Å². The van der Waals surface area contributed by atoms with Crippen molar-refractivity contribution < 1.29 is 13.2 Å². The van der Waals surface area contributed by atoms with Crippen LogP contribution in [0.2, 0.25) is 0 Å². The zero-order valence-corrected chi connectivity index (χ0v) is 51.7. The first-order valence-electron chi connectivity index (χ1n) is 29.7. The van der Waals surface area contributed by atoms with Gasteiger partial charge in [-0.3, -0.25) is 34.5 Å². The molecule has 6 aliphatic rings. The van der Waals surface area contributed by atoms with E-state index in [1.54, 1.807) is 17.7 Å². The summed E-state index contributed by atoms with van der Waals surface area (Å²) in [5, 5.41) is 3.42. The second kappa shape index (κ2) is 30.4. The Bertz CT molecular complexity index is 2780. The van der Waals surface area contributed by atoms with Crippen molar-refractivity contribution in [2.45, 2.75) is 183 Å². The van der Waals surface area contributed by atoms with Crippen molar-refractivity contribution in [1.82, 2.24) is 34.4 Å². The number of benzene rings is 5. The predicted octanol–water partition coefficient (Wildman–Crippen LogP) is 12.9. The molecule has 12 nitrogen and oxygen atoms in total. The molecular weight excluding hydrogens is 1020 g/mol. The summed E-state index contributed by atoms with van der Waals surface area (Å²) in [4.78, 5) is 23.3. The molecular formula is C68H95N9O3S. The molecule has 0 saturated heterocycles. The van der Waals surface area contributed by atoms with Gasteiger partial charge in [-0.25, -0.2) is 8.42 Å². The minimum absolute atomic E-state index is 0.141. The summed E-state index contributed by atoms with van der Waals surface area (Å²) < 4.78 is 29.5. The first-order valence-corrected chi connectivity index (χ1v) is 31.4. The number of rotatable bonds is 6.